The van der Waals surface area contributed by atoms with Crippen molar-refractivity contribution in [3.05, 3.63) is 28.2 Å². The van der Waals surface area contributed by atoms with Crippen LogP contribution in [0.5, 0.6) is 5.75 Å². The number of halogens is 5. The van der Waals surface area contributed by atoms with Crippen molar-refractivity contribution in [3.8, 4) is 5.75 Å². The van der Waals surface area contributed by atoms with Crippen LogP contribution in [0.2, 0.25) is 0 Å². The summed E-state index contributed by atoms with van der Waals surface area (Å²) in [6, 6.07) is 3.65. The number of benzene rings is 1. The standard InChI is InChI=1S/C12H15BrF2N2O.2ClH/c13-9-7-8(1-2-10(9)18)11(12(14)15)17-5-3-16-4-6-17;;/h1-2,7,11-12,16,18H,3-6H2;2*1H/t11-;;/m0../s1. The lowest BCUT2D eigenvalue weighted by Crippen LogP contribution is -2.46. The third-order valence-electron chi connectivity index (χ3n) is 3.10. The van der Waals surface area contributed by atoms with E-state index in [1.807, 2.05) is 0 Å². The minimum atomic E-state index is -2.44. The smallest absolute Gasteiger partial charge is 0.258 e. The number of rotatable bonds is 3. The minimum Gasteiger partial charge on any atom is -0.507 e. The second-order valence-corrected chi connectivity index (χ2v) is 5.13. The van der Waals surface area contributed by atoms with Gasteiger partial charge in [0.1, 0.15) is 5.75 Å². The molecule has 2 rings (SSSR count). The normalized spacial score (nSPS) is 17.2. The highest BCUT2D eigenvalue weighted by Gasteiger charge is 2.30. The van der Waals surface area contributed by atoms with Gasteiger partial charge in [0.25, 0.3) is 6.43 Å². The molecule has 1 heterocycles. The summed E-state index contributed by atoms with van der Waals surface area (Å²) < 4.78 is 27.0. The number of hydrogen-bond donors (Lipinski definition) is 2. The van der Waals surface area contributed by atoms with Gasteiger partial charge in [0.2, 0.25) is 0 Å². The molecule has 0 spiro atoms. The summed E-state index contributed by atoms with van der Waals surface area (Å²) in [5.74, 6) is 0.0621. The van der Waals surface area contributed by atoms with Gasteiger partial charge in [-0.1, -0.05) is 6.07 Å². The Labute approximate surface area is 137 Å². The van der Waals surface area contributed by atoms with E-state index in [4.69, 9.17) is 0 Å². The molecule has 2 N–H and O–H groups in total. The first kappa shape index (κ1) is 19.9. The molecule has 0 amide bonds. The van der Waals surface area contributed by atoms with Crippen LogP contribution in [0.4, 0.5) is 8.78 Å². The van der Waals surface area contributed by atoms with E-state index in [1.54, 1.807) is 17.0 Å². The Hall–Kier alpha value is -0.140. The third kappa shape index (κ3) is 4.70. The molecule has 8 heteroatoms. The molecule has 0 radical (unpaired) electrons. The SMILES string of the molecule is Cl.Cl.Oc1ccc([C@@H](C(F)F)N2CCNCC2)cc1Br. The summed E-state index contributed by atoms with van der Waals surface area (Å²) in [5, 5.41) is 12.6. The maximum atomic E-state index is 13.3. The quantitative estimate of drug-likeness (QED) is 0.827. The molecule has 1 aliphatic rings. The number of aromatic hydroxyl groups is 1. The van der Waals surface area contributed by atoms with Crippen molar-refractivity contribution in [1.82, 2.24) is 10.2 Å². The number of piperazine rings is 1. The fourth-order valence-corrected chi connectivity index (χ4v) is 2.58. The second-order valence-electron chi connectivity index (χ2n) is 4.28. The molecule has 1 aromatic carbocycles. The van der Waals surface area contributed by atoms with E-state index in [-0.39, 0.29) is 30.6 Å². The Morgan fingerprint density at radius 3 is 2.30 bits per heavy atom. The largest absolute Gasteiger partial charge is 0.507 e. The van der Waals surface area contributed by atoms with E-state index in [1.165, 1.54) is 6.07 Å². The molecular formula is C12H17BrCl2F2N2O. The number of nitrogens with zero attached hydrogens (tertiary/aromatic N) is 1. The van der Waals surface area contributed by atoms with Crippen molar-refractivity contribution in [2.24, 2.45) is 0 Å². The first-order valence-corrected chi connectivity index (χ1v) is 6.60. The molecule has 0 aliphatic carbocycles. The summed E-state index contributed by atoms with van der Waals surface area (Å²) in [6.07, 6.45) is -2.44. The third-order valence-corrected chi connectivity index (χ3v) is 3.73. The molecule has 1 saturated heterocycles. The van der Waals surface area contributed by atoms with Crippen LogP contribution in [-0.4, -0.2) is 42.6 Å². The lowest BCUT2D eigenvalue weighted by atomic mass is 10.0. The minimum absolute atomic E-state index is 0. The van der Waals surface area contributed by atoms with Gasteiger partial charge in [-0.2, -0.15) is 0 Å². The van der Waals surface area contributed by atoms with Crippen molar-refractivity contribution >= 4 is 40.7 Å². The Bertz CT molecular complexity index is 420. The lowest BCUT2D eigenvalue weighted by Gasteiger charge is -2.34. The summed E-state index contributed by atoms with van der Waals surface area (Å²) in [6.45, 7) is 2.66. The zero-order valence-electron chi connectivity index (χ0n) is 10.6. The molecule has 1 aromatic rings. The van der Waals surface area contributed by atoms with Crippen LogP contribution in [0.15, 0.2) is 22.7 Å². The number of phenolic OH excluding ortho intramolecular Hbond substituents is 1. The van der Waals surface area contributed by atoms with Crippen LogP contribution < -0.4 is 5.32 Å². The van der Waals surface area contributed by atoms with Gasteiger partial charge in [0.05, 0.1) is 10.5 Å². The molecule has 116 valence electrons. The zero-order valence-corrected chi connectivity index (χ0v) is 13.8. The van der Waals surface area contributed by atoms with Gasteiger partial charge in [-0.15, -0.1) is 24.8 Å². The summed E-state index contributed by atoms with van der Waals surface area (Å²) in [4.78, 5) is 1.78. The van der Waals surface area contributed by atoms with Crippen molar-refractivity contribution < 1.29 is 13.9 Å². The first-order valence-electron chi connectivity index (χ1n) is 5.81. The van der Waals surface area contributed by atoms with Crippen LogP contribution in [0.25, 0.3) is 0 Å². The average molecular weight is 394 g/mol. The van der Waals surface area contributed by atoms with Gasteiger partial charge >= 0.3 is 0 Å². The lowest BCUT2D eigenvalue weighted by molar-refractivity contribution is 0.0181. The van der Waals surface area contributed by atoms with E-state index in [9.17, 15) is 13.9 Å². The van der Waals surface area contributed by atoms with Gasteiger partial charge in [-0.3, -0.25) is 4.90 Å². The summed E-state index contributed by atoms with van der Waals surface area (Å²) in [7, 11) is 0. The highest BCUT2D eigenvalue weighted by Crippen LogP contribution is 2.32. The molecule has 0 saturated carbocycles. The van der Waals surface area contributed by atoms with E-state index in [0.717, 1.165) is 13.1 Å². The van der Waals surface area contributed by atoms with E-state index < -0.39 is 12.5 Å². The van der Waals surface area contributed by atoms with Gasteiger partial charge < -0.3 is 10.4 Å². The summed E-state index contributed by atoms with van der Waals surface area (Å²) >= 11 is 3.16. The number of phenols is 1. The van der Waals surface area contributed by atoms with Crippen molar-refractivity contribution in [2.45, 2.75) is 12.5 Å². The number of alkyl halides is 2. The fraction of sp³-hybridized carbons (Fsp3) is 0.500. The molecule has 0 aromatic heterocycles. The Kier molecular flexibility index (Phi) is 8.93. The molecule has 1 fully saturated rings. The van der Waals surface area contributed by atoms with Gasteiger partial charge in [0, 0.05) is 26.2 Å². The van der Waals surface area contributed by atoms with Crippen LogP contribution in [0.1, 0.15) is 11.6 Å². The van der Waals surface area contributed by atoms with Crippen LogP contribution in [0.3, 0.4) is 0 Å². The van der Waals surface area contributed by atoms with Crippen LogP contribution in [0, 0.1) is 0 Å². The monoisotopic (exact) mass is 392 g/mol. The highest BCUT2D eigenvalue weighted by molar-refractivity contribution is 9.10. The first-order chi connectivity index (χ1) is 8.59. The average Bonchev–Trinajstić information content (AvgIpc) is 2.35. The Morgan fingerprint density at radius 2 is 1.80 bits per heavy atom. The molecule has 0 unspecified atom stereocenters. The van der Waals surface area contributed by atoms with Gasteiger partial charge in [0.15, 0.2) is 0 Å². The maximum absolute atomic E-state index is 13.3. The topological polar surface area (TPSA) is 35.5 Å². The van der Waals surface area contributed by atoms with Crippen molar-refractivity contribution in [1.29, 1.82) is 0 Å². The predicted molar refractivity (Wildman–Crippen MR) is 83.5 cm³/mol. The maximum Gasteiger partial charge on any atom is 0.258 e. The van der Waals surface area contributed by atoms with Crippen LogP contribution >= 0.6 is 40.7 Å². The molecule has 20 heavy (non-hydrogen) atoms. The summed E-state index contributed by atoms with van der Waals surface area (Å²) in [5.41, 5.74) is 0.525. The van der Waals surface area contributed by atoms with Gasteiger partial charge in [-0.25, -0.2) is 8.78 Å². The van der Waals surface area contributed by atoms with E-state index in [2.05, 4.69) is 21.2 Å². The van der Waals surface area contributed by atoms with Crippen LogP contribution in [-0.2, 0) is 0 Å². The predicted octanol–water partition coefficient (Wildman–Crippen LogP) is 3.21. The van der Waals surface area contributed by atoms with Gasteiger partial charge in [-0.05, 0) is 33.6 Å². The van der Waals surface area contributed by atoms with E-state index >= 15 is 0 Å². The van der Waals surface area contributed by atoms with Crippen molar-refractivity contribution in [3.63, 3.8) is 0 Å². The second kappa shape index (κ2) is 9.00. The van der Waals surface area contributed by atoms with E-state index in [0.29, 0.717) is 23.1 Å². The molecule has 3 nitrogen and oxygen atoms in total. The zero-order chi connectivity index (χ0) is 13.1. The molecular weight excluding hydrogens is 377 g/mol. The van der Waals surface area contributed by atoms with Crippen molar-refractivity contribution in [2.75, 3.05) is 26.2 Å². The number of nitrogens with one attached hydrogen (secondary N) is 1. The Morgan fingerprint density at radius 1 is 1.20 bits per heavy atom. The fourth-order valence-electron chi connectivity index (χ4n) is 2.18. The molecule has 1 aliphatic heterocycles. The molecule has 0 bridgehead atoms. The highest BCUT2D eigenvalue weighted by atomic mass is 79.9. The Balaban J connectivity index is 0.00000180. The number of hydrogen-bond acceptors (Lipinski definition) is 3. The molecule has 1 atom stereocenters.